The second-order valence-electron chi connectivity index (χ2n) is 4.51. The number of rotatable bonds is 5. The Morgan fingerprint density at radius 1 is 1.41 bits per heavy atom. The van der Waals surface area contributed by atoms with E-state index in [9.17, 15) is 4.79 Å². The summed E-state index contributed by atoms with van der Waals surface area (Å²) in [4.78, 5) is 15.8. The number of carbonyl (C=O) groups excluding carboxylic acids is 1. The molecule has 0 radical (unpaired) electrons. The normalized spacial score (nSPS) is 12.8. The highest BCUT2D eigenvalue weighted by Gasteiger charge is 2.13. The molecule has 0 bridgehead atoms. The molecule has 1 heterocycles. The van der Waals surface area contributed by atoms with E-state index in [0.717, 1.165) is 11.5 Å². The van der Waals surface area contributed by atoms with Crippen LogP contribution in [0.25, 0.3) is 0 Å². The quantitative estimate of drug-likeness (QED) is 0.823. The third-order valence-electron chi connectivity index (χ3n) is 2.72. The summed E-state index contributed by atoms with van der Waals surface area (Å²) >= 11 is 1.33. The van der Waals surface area contributed by atoms with Crippen molar-refractivity contribution in [3.63, 3.8) is 0 Å². The number of nitrogens with one attached hydrogen (secondary N) is 1. The largest absolute Gasteiger partial charge is 0.437 e. The fourth-order valence-electron chi connectivity index (χ4n) is 1.09. The number of hydrogen-bond acceptors (Lipinski definition) is 4. The Balaban J connectivity index is 2.38. The first-order chi connectivity index (χ1) is 7.90. The van der Waals surface area contributed by atoms with Crippen LogP contribution in [0.2, 0.25) is 0 Å². The molecule has 1 N–H and O–H groups in total. The van der Waals surface area contributed by atoms with Crippen LogP contribution >= 0.6 is 11.8 Å². The lowest BCUT2D eigenvalue weighted by Gasteiger charge is -2.16. The molecule has 0 aliphatic carbocycles. The predicted octanol–water partition coefficient (Wildman–Crippen LogP) is 2.54. The van der Waals surface area contributed by atoms with E-state index >= 15 is 0 Å². The highest BCUT2D eigenvalue weighted by atomic mass is 32.2. The van der Waals surface area contributed by atoms with Gasteiger partial charge in [0.05, 0.1) is 11.4 Å². The lowest BCUT2D eigenvalue weighted by atomic mass is 10.1. The second-order valence-corrected chi connectivity index (χ2v) is 5.44. The molecular formula is C12H20N2O2S. The summed E-state index contributed by atoms with van der Waals surface area (Å²) in [7, 11) is 0. The minimum Gasteiger partial charge on any atom is -0.437 e. The summed E-state index contributed by atoms with van der Waals surface area (Å²) in [5, 5.41) is 3.50. The Morgan fingerprint density at radius 3 is 2.53 bits per heavy atom. The summed E-state index contributed by atoms with van der Waals surface area (Å²) in [5.74, 6) is 1.61. The van der Waals surface area contributed by atoms with E-state index in [-0.39, 0.29) is 11.9 Å². The molecule has 0 aliphatic rings. The number of hydrogen-bond donors (Lipinski definition) is 1. The highest BCUT2D eigenvalue weighted by Crippen LogP contribution is 2.19. The lowest BCUT2D eigenvalue weighted by Crippen LogP contribution is -2.37. The SMILES string of the molecule is Cc1nc(SCC(=O)NC(C)C(C)C)oc1C. The van der Waals surface area contributed by atoms with Crippen LogP contribution in [0.1, 0.15) is 32.2 Å². The molecule has 0 aromatic carbocycles. The van der Waals surface area contributed by atoms with Crippen molar-refractivity contribution >= 4 is 17.7 Å². The van der Waals surface area contributed by atoms with Gasteiger partial charge in [-0.3, -0.25) is 4.79 Å². The number of amides is 1. The average Bonchev–Trinajstić information content (AvgIpc) is 2.55. The fourth-order valence-corrected chi connectivity index (χ4v) is 1.82. The van der Waals surface area contributed by atoms with Crippen molar-refractivity contribution in [3.05, 3.63) is 11.5 Å². The molecular weight excluding hydrogens is 236 g/mol. The van der Waals surface area contributed by atoms with Crippen molar-refractivity contribution in [1.29, 1.82) is 0 Å². The van der Waals surface area contributed by atoms with Crippen LogP contribution in [0.5, 0.6) is 0 Å². The zero-order chi connectivity index (χ0) is 13.0. The van der Waals surface area contributed by atoms with E-state index in [1.54, 1.807) is 0 Å². The Labute approximate surface area is 107 Å². The van der Waals surface area contributed by atoms with Crippen molar-refractivity contribution in [2.45, 2.75) is 45.9 Å². The zero-order valence-electron chi connectivity index (χ0n) is 11.0. The van der Waals surface area contributed by atoms with Crippen LogP contribution in [0.4, 0.5) is 0 Å². The maximum Gasteiger partial charge on any atom is 0.256 e. The monoisotopic (exact) mass is 256 g/mol. The molecule has 96 valence electrons. The van der Waals surface area contributed by atoms with E-state index in [4.69, 9.17) is 4.42 Å². The van der Waals surface area contributed by atoms with Crippen molar-refractivity contribution in [3.8, 4) is 0 Å². The first-order valence-electron chi connectivity index (χ1n) is 5.76. The molecule has 1 aromatic heterocycles. The molecule has 1 unspecified atom stereocenters. The highest BCUT2D eigenvalue weighted by molar-refractivity contribution is 7.99. The van der Waals surface area contributed by atoms with Gasteiger partial charge >= 0.3 is 0 Å². The van der Waals surface area contributed by atoms with Crippen LogP contribution in [-0.2, 0) is 4.79 Å². The smallest absolute Gasteiger partial charge is 0.256 e. The lowest BCUT2D eigenvalue weighted by molar-refractivity contribution is -0.119. The predicted molar refractivity (Wildman–Crippen MR) is 69.1 cm³/mol. The molecule has 0 fully saturated rings. The maximum absolute atomic E-state index is 11.6. The first kappa shape index (κ1) is 14.1. The average molecular weight is 256 g/mol. The number of aryl methyl sites for hydroxylation is 2. The second kappa shape index (κ2) is 6.10. The van der Waals surface area contributed by atoms with Crippen molar-refractivity contribution in [2.75, 3.05) is 5.75 Å². The molecule has 0 saturated heterocycles. The van der Waals surface area contributed by atoms with Crippen molar-refractivity contribution in [1.82, 2.24) is 10.3 Å². The Morgan fingerprint density at radius 2 is 2.06 bits per heavy atom. The van der Waals surface area contributed by atoms with Crippen LogP contribution in [0.3, 0.4) is 0 Å². The van der Waals surface area contributed by atoms with Gasteiger partial charge < -0.3 is 9.73 Å². The van der Waals surface area contributed by atoms with Crippen molar-refractivity contribution < 1.29 is 9.21 Å². The van der Waals surface area contributed by atoms with Gasteiger partial charge in [0.2, 0.25) is 5.91 Å². The molecule has 1 aromatic rings. The molecule has 4 nitrogen and oxygen atoms in total. The van der Waals surface area contributed by atoms with Crippen LogP contribution in [0.15, 0.2) is 9.64 Å². The molecule has 0 aliphatic heterocycles. The summed E-state index contributed by atoms with van der Waals surface area (Å²) in [6, 6.07) is 0.191. The summed E-state index contributed by atoms with van der Waals surface area (Å²) in [5.41, 5.74) is 0.878. The van der Waals surface area contributed by atoms with Crippen molar-refractivity contribution in [2.24, 2.45) is 5.92 Å². The van der Waals surface area contributed by atoms with Gasteiger partial charge in [0, 0.05) is 6.04 Å². The van der Waals surface area contributed by atoms with E-state index < -0.39 is 0 Å². The van der Waals surface area contributed by atoms with E-state index in [2.05, 4.69) is 24.1 Å². The van der Waals surface area contributed by atoms with Gasteiger partial charge in [-0.2, -0.15) is 0 Å². The fraction of sp³-hybridized carbons (Fsp3) is 0.667. The van der Waals surface area contributed by atoms with Crippen LogP contribution in [-0.4, -0.2) is 22.7 Å². The number of aromatic nitrogens is 1. The summed E-state index contributed by atoms with van der Waals surface area (Å²) in [6.07, 6.45) is 0. The van der Waals surface area contributed by atoms with E-state index in [1.165, 1.54) is 11.8 Å². The van der Waals surface area contributed by atoms with E-state index in [0.29, 0.717) is 16.9 Å². The molecule has 17 heavy (non-hydrogen) atoms. The Kier molecular flexibility index (Phi) is 5.05. The summed E-state index contributed by atoms with van der Waals surface area (Å²) in [6.45, 7) is 9.93. The molecule has 1 amide bonds. The van der Waals surface area contributed by atoms with Gasteiger partial charge in [0.1, 0.15) is 5.76 Å². The molecule has 1 rings (SSSR count). The van der Waals surface area contributed by atoms with Crippen LogP contribution < -0.4 is 5.32 Å². The zero-order valence-corrected chi connectivity index (χ0v) is 11.9. The van der Waals surface area contributed by atoms with Gasteiger partial charge in [0.25, 0.3) is 5.22 Å². The Hall–Kier alpha value is -0.970. The van der Waals surface area contributed by atoms with Gasteiger partial charge in [-0.1, -0.05) is 25.6 Å². The molecule has 0 saturated carbocycles. The molecule has 5 heteroatoms. The minimum atomic E-state index is 0.0182. The van der Waals surface area contributed by atoms with Crippen LogP contribution in [0, 0.1) is 19.8 Å². The van der Waals surface area contributed by atoms with Gasteiger partial charge in [-0.05, 0) is 26.7 Å². The molecule has 0 spiro atoms. The number of oxazole rings is 1. The standard InChI is InChI=1S/C12H20N2O2S/c1-7(2)8(3)13-11(15)6-17-12-14-9(4)10(5)16-12/h7-8H,6H2,1-5H3,(H,13,15). The first-order valence-corrected chi connectivity index (χ1v) is 6.75. The van der Waals surface area contributed by atoms with Gasteiger partial charge in [-0.15, -0.1) is 0 Å². The maximum atomic E-state index is 11.6. The number of carbonyl (C=O) groups is 1. The number of thioether (sulfide) groups is 1. The number of nitrogens with zero attached hydrogens (tertiary/aromatic N) is 1. The van der Waals surface area contributed by atoms with Gasteiger partial charge in [-0.25, -0.2) is 4.98 Å². The summed E-state index contributed by atoms with van der Waals surface area (Å²) < 4.78 is 5.39. The van der Waals surface area contributed by atoms with Gasteiger partial charge in [0.15, 0.2) is 0 Å². The third-order valence-corrected chi connectivity index (χ3v) is 3.55. The Bertz CT molecular complexity index is 368. The third kappa shape index (κ3) is 4.42. The minimum absolute atomic E-state index is 0.0182. The molecule has 1 atom stereocenters. The van der Waals surface area contributed by atoms with E-state index in [1.807, 2.05) is 20.8 Å². The topological polar surface area (TPSA) is 55.1 Å².